The summed E-state index contributed by atoms with van der Waals surface area (Å²) in [5.74, 6) is 0.441. The summed E-state index contributed by atoms with van der Waals surface area (Å²) in [5, 5.41) is 0. The topological polar surface area (TPSA) is 17.1 Å². The summed E-state index contributed by atoms with van der Waals surface area (Å²) in [6.07, 6.45) is 1.97. The third kappa shape index (κ3) is 2.84. The van der Waals surface area contributed by atoms with Gasteiger partial charge >= 0.3 is 0 Å². The second-order valence-corrected chi connectivity index (χ2v) is 3.72. The first-order valence-electron chi connectivity index (χ1n) is 4.89. The SMILES string of the molecule is CC(=O)/C(=C\c1ccccc1)C(C)C. The van der Waals surface area contributed by atoms with Crippen molar-refractivity contribution < 1.29 is 4.79 Å². The zero-order chi connectivity index (χ0) is 10.6. The molecular weight excluding hydrogens is 172 g/mol. The van der Waals surface area contributed by atoms with Crippen LogP contribution in [0.15, 0.2) is 35.9 Å². The Morgan fingerprint density at radius 3 is 2.21 bits per heavy atom. The van der Waals surface area contributed by atoms with Gasteiger partial charge in [-0.05, 0) is 30.1 Å². The van der Waals surface area contributed by atoms with Gasteiger partial charge in [-0.1, -0.05) is 44.2 Å². The molecule has 0 fully saturated rings. The lowest BCUT2D eigenvalue weighted by atomic mass is 9.97. The molecule has 0 unspecified atom stereocenters. The molecule has 0 saturated heterocycles. The van der Waals surface area contributed by atoms with E-state index in [9.17, 15) is 4.79 Å². The second kappa shape index (κ2) is 4.75. The molecule has 0 atom stereocenters. The van der Waals surface area contributed by atoms with Crippen LogP contribution in [0.2, 0.25) is 0 Å². The molecule has 74 valence electrons. The van der Waals surface area contributed by atoms with Crippen molar-refractivity contribution in [2.24, 2.45) is 5.92 Å². The Kier molecular flexibility index (Phi) is 3.63. The number of hydrogen-bond acceptors (Lipinski definition) is 1. The number of benzene rings is 1. The average Bonchev–Trinajstić information content (AvgIpc) is 2.15. The van der Waals surface area contributed by atoms with Gasteiger partial charge in [0, 0.05) is 0 Å². The normalized spacial score (nSPS) is 11.9. The highest BCUT2D eigenvalue weighted by molar-refractivity contribution is 5.98. The number of Topliss-reactive ketones (excluding diaryl/α,β-unsaturated/α-hetero) is 1. The highest BCUT2D eigenvalue weighted by Gasteiger charge is 2.07. The molecule has 0 saturated carbocycles. The van der Waals surface area contributed by atoms with Gasteiger partial charge in [0.25, 0.3) is 0 Å². The van der Waals surface area contributed by atoms with Crippen LogP contribution >= 0.6 is 0 Å². The van der Waals surface area contributed by atoms with E-state index in [0.29, 0.717) is 0 Å². The van der Waals surface area contributed by atoms with E-state index in [1.807, 2.05) is 50.3 Å². The molecule has 0 aliphatic rings. The molecule has 1 aromatic carbocycles. The summed E-state index contributed by atoms with van der Waals surface area (Å²) < 4.78 is 0. The van der Waals surface area contributed by atoms with Crippen LogP contribution in [-0.2, 0) is 4.79 Å². The molecule has 14 heavy (non-hydrogen) atoms. The fourth-order valence-electron chi connectivity index (χ4n) is 1.40. The largest absolute Gasteiger partial charge is 0.295 e. The molecule has 0 N–H and O–H groups in total. The van der Waals surface area contributed by atoms with Crippen LogP contribution in [0, 0.1) is 5.92 Å². The van der Waals surface area contributed by atoms with E-state index >= 15 is 0 Å². The summed E-state index contributed by atoms with van der Waals surface area (Å²) in [6, 6.07) is 9.94. The molecule has 0 radical (unpaired) electrons. The molecule has 0 aromatic heterocycles. The predicted octanol–water partition coefficient (Wildman–Crippen LogP) is 3.32. The Morgan fingerprint density at radius 1 is 1.21 bits per heavy atom. The highest BCUT2D eigenvalue weighted by atomic mass is 16.1. The monoisotopic (exact) mass is 188 g/mol. The average molecular weight is 188 g/mol. The number of hydrogen-bond donors (Lipinski definition) is 0. The van der Waals surface area contributed by atoms with Crippen LogP contribution in [0.25, 0.3) is 6.08 Å². The maximum absolute atomic E-state index is 11.3. The minimum Gasteiger partial charge on any atom is -0.295 e. The molecule has 1 heteroatoms. The lowest BCUT2D eigenvalue weighted by Crippen LogP contribution is -2.03. The van der Waals surface area contributed by atoms with Gasteiger partial charge < -0.3 is 0 Å². The van der Waals surface area contributed by atoms with E-state index in [4.69, 9.17) is 0 Å². The van der Waals surface area contributed by atoms with Crippen LogP contribution in [0.4, 0.5) is 0 Å². The third-order valence-electron chi connectivity index (χ3n) is 2.15. The van der Waals surface area contributed by atoms with E-state index in [1.165, 1.54) is 0 Å². The molecular formula is C13H16O. The molecule has 0 bridgehead atoms. The first-order valence-corrected chi connectivity index (χ1v) is 4.89. The summed E-state index contributed by atoms with van der Waals surface area (Å²) in [5.41, 5.74) is 1.97. The molecule has 1 rings (SSSR count). The molecule has 0 aliphatic heterocycles. The molecule has 0 heterocycles. The summed E-state index contributed by atoms with van der Waals surface area (Å²) >= 11 is 0. The van der Waals surface area contributed by atoms with Crippen molar-refractivity contribution in [3.05, 3.63) is 41.5 Å². The van der Waals surface area contributed by atoms with Gasteiger partial charge in [0.15, 0.2) is 5.78 Å². The Morgan fingerprint density at radius 2 is 1.79 bits per heavy atom. The van der Waals surface area contributed by atoms with E-state index in [1.54, 1.807) is 6.92 Å². The molecule has 0 amide bonds. The first kappa shape index (κ1) is 10.7. The van der Waals surface area contributed by atoms with Crippen molar-refractivity contribution in [1.29, 1.82) is 0 Å². The minimum atomic E-state index is 0.156. The van der Waals surface area contributed by atoms with Crippen LogP contribution in [0.1, 0.15) is 26.3 Å². The van der Waals surface area contributed by atoms with Crippen molar-refractivity contribution in [1.82, 2.24) is 0 Å². The zero-order valence-electron chi connectivity index (χ0n) is 8.95. The quantitative estimate of drug-likeness (QED) is 0.665. The summed E-state index contributed by atoms with van der Waals surface area (Å²) in [4.78, 5) is 11.3. The Hall–Kier alpha value is -1.37. The van der Waals surface area contributed by atoms with Crippen molar-refractivity contribution in [2.75, 3.05) is 0 Å². The molecule has 1 aromatic rings. The van der Waals surface area contributed by atoms with E-state index in [-0.39, 0.29) is 11.7 Å². The number of carbonyl (C=O) groups excluding carboxylic acids is 1. The van der Waals surface area contributed by atoms with Gasteiger partial charge in [0.05, 0.1) is 0 Å². The Bertz CT molecular complexity index is 334. The fourth-order valence-corrected chi connectivity index (χ4v) is 1.40. The van der Waals surface area contributed by atoms with Gasteiger partial charge in [-0.3, -0.25) is 4.79 Å². The van der Waals surface area contributed by atoms with Gasteiger partial charge in [0.1, 0.15) is 0 Å². The molecule has 0 spiro atoms. The van der Waals surface area contributed by atoms with E-state index in [2.05, 4.69) is 0 Å². The van der Waals surface area contributed by atoms with Crippen LogP contribution in [0.3, 0.4) is 0 Å². The maximum atomic E-state index is 11.3. The standard InChI is InChI=1S/C13H16O/c1-10(2)13(11(3)14)9-12-7-5-4-6-8-12/h4-10H,1-3H3/b13-9-. The minimum absolute atomic E-state index is 0.156. The van der Waals surface area contributed by atoms with E-state index in [0.717, 1.165) is 11.1 Å². The lowest BCUT2D eigenvalue weighted by Gasteiger charge is -2.07. The van der Waals surface area contributed by atoms with Crippen molar-refractivity contribution in [3.8, 4) is 0 Å². The number of rotatable bonds is 3. The maximum Gasteiger partial charge on any atom is 0.156 e. The summed E-state index contributed by atoms with van der Waals surface area (Å²) in [6.45, 7) is 5.70. The van der Waals surface area contributed by atoms with Crippen molar-refractivity contribution >= 4 is 11.9 Å². The summed E-state index contributed by atoms with van der Waals surface area (Å²) in [7, 11) is 0. The fraction of sp³-hybridized carbons (Fsp3) is 0.308. The van der Waals surface area contributed by atoms with Gasteiger partial charge in [-0.2, -0.15) is 0 Å². The van der Waals surface area contributed by atoms with Gasteiger partial charge in [-0.25, -0.2) is 0 Å². The molecule has 0 aliphatic carbocycles. The third-order valence-corrected chi connectivity index (χ3v) is 2.15. The van der Waals surface area contributed by atoms with Crippen LogP contribution in [-0.4, -0.2) is 5.78 Å². The number of ketones is 1. The first-order chi connectivity index (χ1) is 6.61. The smallest absolute Gasteiger partial charge is 0.156 e. The van der Waals surface area contributed by atoms with Crippen molar-refractivity contribution in [3.63, 3.8) is 0 Å². The van der Waals surface area contributed by atoms with Crippen LogP contribution in [0.5, 0.6) is 0 Å². The Labute approximate surface area is 85.5 Å². The predicted molar refractivity (Wildman–Crippen MR) is 59.9 cm³/mol. The number of carbonyl (C=O) groups is 1. The van der Waals surface area contributed by atoms with Crippen LogP contribution < -0.4 is 0 Å². The lowest BCUT2D eigenvalue weighted by molar-refractivity contribution is -0.113. The Balaban J connectivity index is 3.00. The second-order valence-electron chi connectivity index (χ2n) is 3.72. The van der Waals surface area contributed by atoms with Gasteiger partial charge in [-0.15, -0.1) is 0 Å². The zero-order valence-corrected chi connectivity index (χ0v) is 8.95. The highest BCUT2D eigenvalue weighted by Crippen LogP contribution is 2.15. The van der Waals surface area contributed by atoms with Gasteiger partial charge in [0.2, 0.25) is 0 Å². The number of allylic oxidation sites excluding steroid dienone is 1. The van der Waals surface area contributed by atoms with E-state index < -0.39 is 0 Å². The van der Waals surface area contributed by atoms with Crippen molar-refractivity contribution in [2.45, 2.75) is 20.8 Å². The molecule has 1 nitrogen and oxygen atoms in total.